The van der Waals surface area contributed by atoms with E-state index in [9.17, 15) is 29.7 Å². The van der Waals surface area contributed by atoms with Crippen molar-refractivity contribution in [1.29, 1.82) is 0 Å². The fraction of sp³-hybridized carbons (Fsp3) is 0.523. The lowest BCUT2D eigenvalue weighted by Gasteiger charge is -2.26. The Morgan fingerprint density at radius 1 is 0.636 bits per heavy atom. The van der Waals surface area contributed by atoms with Crippen molar-refractivity contribution in [3.05, 3.63) is 101 Å². The lowest BCUT2D eigenvalue weighted by Crippen LogP contribution is -2.28. The smallest absolute Gasteiger partial charge is 0.307 e. The molecule has 0 aliphatic carbocycles. The summed E-state index contributed by atoms with van der Waals surface area (Å²) in [5, 5.41) is 44.1. The summed E-state index contributed by atoms with van der Waals surface area (Å²) in [7, 11) is 0. The first-order valence-electron chi connectivity index (χ1n) is 20.3. The average Bonchev–Trinajstić information content (AvgIpc) is 4.02. The zero-order valence-corrected chi connectivity index (χ0v) is 31.7. The van der Waals surface area contributed by atoms with E-state index in [1.807, 2.05) is 24.3 Å². The van der Waals surface area contributed by atoms with Crippen molar-refractivity contribution < 1.29 is 29.7 Å². The summed E-state index contributed by atoms with van der Waals surface area (Å²) >= 11 is 0. The number of nitrogens with zero attached hydrogens (tertiary/aromatic N) is 1. The van der Waals surface area contributed by atoms with E-state index in [2.05, 4.69) is 74.7 Å². The Hall–Kier alpha value is -4.29. The van der Waals surface area contributed by atoms with Crippen LogP contribution in [0.5, 0.6) is 0 Å². The maximum Gasteiger partial charge on any atom is 0.307 e. The van der Waals surface area contributed by atoms with Crippen LogP contribution in [0.2, 0.25) is 0 Å². The number of carbonyl (C=O) groups is 3. The van der Waals surface area contributed by atoms with Crippen molar-refractivity contribution in [3.8, 4) is 0 Å². The topological polar surface area (TPSA) is 163 Å². The molecule has 294 valence electrons. The molecule has 11 heteroatoms. The summed E-state index contributed by atoms with van der Waals surface area (Å²) in [5.41, 5.74) is 6.36. The quantitative estimate of drug-likeness (QED) is 0.103. The van der Waals surface area contributed by atoms with Gasteiger partial charge in [0, 0.05) is 30.9 Å². The fourth-order valence-electron chi connectivity index (χ4n) is 9.76. The SMILES string of the molecule is O=C(O)[C@@H](Cc1cccc(CN2C[C@@H](Nc3cccc(C[C@H](C(=O)O)[C@H]4CCNC4)c3)C[C@@H]2c2cccc(C[C@H](C(=O)O)[C@H]3CCNC3)c2)c1)[C@H]1CCNC1. The van der Waals surface area contributed by atoms with Crippen molar-refractivity contribution in [3.63, 3.8) is 0 Å². The molecule has 0 bridgehead atoms. The first-order valence-corrected chi connectivity index (χ1v) is 20.3. The van der Waals surface area contributed by atoms with Crippen LogP contribution in [-0.2, 0) is 40.2 Å². The largest absolute Gasteiger partial charge is 0.481 e. The van der Waals surface area contributed by atoms with Gasteiger partial charge in [-0.3, -0.25) is 19.3 Å². The Bertz CT molecular complexity index is 1790. The number of anilines is 1. The highest BCUT2D eigenvalue weighted by Crippen LogP contribution is 2.37. The second-order valence-corrected chi connectivity index (χ2v) is 16.5. The van der Waals surface area contributed by atoms with Crippen LogP contribution >= 0.6 is 0 Å². The van der Waals surface area contributed by atoms with Gasteiger partial charge in [0.2, 0.25) is 0 Å². The van der Waals surface area contributed by atoms with Crippen LogP contribution < -0.4 is 21.3 Å². The number of carboxylic acids is 3. The van der Waals surface area contributed by atoms with Gasteiger partial charge in [-0.15, -0.1) is 0 Å². The monoisotopic (exact) mass is 751 g/mol. The van der Waals surface area contributed by atoms with E-state index >= 15 is 0 Å². The van der Waals surface area contributed by atoms with E-state index in [0.717, 1.165) is 105 Å². The molecule has 3 aromatic carbocycles. The van der Waals surface area contributed by atoms with E-state index < -0.39 is 35.7 Å². The Morgan fingerprint density at radius 2 is 1.11 bits per heavy atom. The van der Waals surface area contributed by atoms with Crippen molar-refractivity contribution >= 4 is 23.6 Å². The number of nitrogens with one attached hydrogen (secondary N) is 4. The predicted molar refractivity (Wildman–Crippen MR) is 212 cm³/mol. The molecule has 55 heavy (non-hydrogen) atoms. The van der Waals surface area contributed by atoms with Crippen molar-refractivity contribution in [2.75, 3.05) is 51.1 Å². The number of benzene rings is 3. The zero-order chi connectivity index (χ0) is 38.3. The predicted octanol–water partition coefficient (Wildman–Crippen LogP) is 4.67. The lowest BCUT2D eigenvalue weighted by atomic mass is 9.85. The van der Waals surface area contributed by atoms with Gasteiger partial charge in [-0.2, -0.15) is 0 Å². The number of hydrogen-bond acceptors (Lipinski definition) is 8. The van der Waals surface area contributed by atoms with Crippen molar-refractivity contribution in [1.82, 2.24) is 20.9 Å². The highest BCUT2D eigenvalue weighted by atomic mass is 16.4. The van der Waals surface area contributed by atoms with Gasteiger partial charge in [-0.1, -0.05) is 60.7 Å². The van der Waals surface area contributed by atoms with Crippen LogP contribution in [0.15, 0.2) is 72.8 Å². The minimum Gasteiger partial charge on any atom is -0.481 e. The molecule has 4 aliphatic rings. The standard InChI is InChI=1S/C44H57N5O6/c50-42(51)38(33-10-13-45-23-33)19-28-4-1-7-31(16-28)26-49-27-37(48-36-9-3-6-30(18-36)21-40(44(54)55)35-12-15-47-25-35)22-41(49)32-8-2-5-29(17-32)20-39(43(52)53)34-11-14-46-24-34/h1-9,16-18,33-35,37-41,45-48H,10-15,19-27H2,(H,50,51)(H,52,53)(H,54,55)/t33-,34-,35-,37-,38-,39-,40-,41+/m0/s1. The van der Waals surface area contributed by atoms with Gasteiger partial charge in [0.25, 0.3) is 0 Å². The fourth-order valence-corrected chi connectivity index (χ4v) is 9.76. The summed E-state index contributed by atoms with van der Waals surface area (Å²) in [5.74, 6) is -3.13. The molecule has 0 aromatic heterocycles. The molecular weight excluding hydrogens is 695 g/mol. The second-order valence-electron chi connectivity index (χ2n) is 16.5. The van der Waals surface area contributed by atoms with Gasteiger partial charge in [0.1, 0.15) is 0 Å². The molecule has 4 fully saturated rings. The first kappa shape index (κ1) is 39.0. The van der Waals surface area contributed by atoms with E-state index in [0.29, 0.717) is 25.8 Å². The normalized spacial score (nSPS) is 25.8. The molecule has 4 heterocycles. The molecule has 4 saturated heterocycles. The van der Waals surface area contributed by atoms with Crippen LogP contribution in [0.25, 0.3) is 0 Å². The molecule has 7 N–H and O–H groups in total. The Morgan fingerprint density at radius 3 is 1.62 bits per heavy atom. The van der Waals surface area contributed by atoms with Crippen LogP contribution in [0.4, 0.5) is 5.69 Å². The summed E-state index contributed by atoms with van der Waals surface area (Å²) in [4.78, 5) is 39.4. The lowest BCUT2D eigenvalue weighted by molar-refractivity contribution is -0.144. The first-order chi connectivity index (χ1) is 26.7. The molecule has 11 nitrogen and oxygen atoms in total. The van der Waals surface area contributed by atoms with Crippen LogP contribution in [0.3, 0.4) is 0 Å². The number of hydrogen-bond donors (Lipinski definition) is 7. The van der Waals surface area contributed by atoms with E-state index in [1.165, 1.54) is 0 Å². The molecule has 3 aromatic rings. The highest BCUT2D eigenvalue weighted by molar-refractivity contribution is 5.72. The van der Waals surface area contributed by atoms with E-state index in [-0.39, 0.29) is 29.8 Å². The summed E-state index contributed by atoms with van der Waals surface area (Å²) in [6, 6.07) is 25.2. The molecule has 7 rings (SSSR count). The third-order valence-corrected chi connectivity index (χ3v) is 12.7. The number of rotatable bonds is 17. The third-order valence-electron chi connectivity index (χ3n) is 12.7. The number of likely N-dealkylation sites (tertiary alicyclic amines) is 1. The zero-order valence-electron chi connectivity index (χ0n) is 31.7. The molecule has 0 unspecified atom stereocenters. The molecule has 0 spiro atoms. The molecule has 8 atom stereocenters. The summed E-state index contributed by atoms with van der Waals surface area (Å²) in [6.45, 7) is 6.26. The minimum absolute atomic E-state index is 0.0725. The van der Waals surface area contributed by atoms with Gasteiger partial charge < -0.3 is 36.6 Å². The van der Waals surface area contributed by atoms with Crippen molar-refractivity contribution in [2.45, 2.75) is 63.6 Å². The molecule has 0 amide bonds. The molecule has 4 aliphatic heterocycles. The average molecular weight is 752 g/mol. The summed E-state index contributed by atoms with van der Waals surface area (Å²) < 4.78 is 0. The maximum absolute atomic E-state index is 12.4. The van der Waals surface area contributed by atoms with Crippen LogP contribution in [-0.4, -0.2) is 90.0 Å². The Balaban J connectivity index is 1.11. The number of carboxylic acid groups (broad SMARTS) is 3. The van der Waals surface area contributed by atoms with Gasteiger partial charge in [-0.25, -0.2) is 0 Å². The minimum atomic E-state index is -0.740. The van der Waals surface area contributed by atoms with Gasteiger partial charge in [0.05, 0.1) is 17.8 Å². The van der Waals surface area contributed by atoms with Gasteiger partial charge >= 0.3 is 17.9 Å². The van der Waals surface area contributed by atoms with Crippen LogP contribution in [0.1, 0.15) is 59.5 Å². The Kier molecular flexibility index (Phi) is 12.8. The van der Waals surface area contributed by atoms with Crippen molar-refractivity contribution in [2.24, 2.45) is 35.5 Å². The van der Waals surface area contributed by atoms with Crippen LogP contribution in [0, 0.1) is 35.5 Å². The third kappa shape index (κ3) is 9.94. The maximum atomic E-state index is 12.4. The van der Waals surface area contributed by atoms with Gasteiger partial charge in [0.15, 0.2) is 0 Å². The van der Waals surface area contributed by atoms with E-state index in [1.54, 1.807) is 0 Å². The Labute approximate surface area is 324 Å². The highest BCUT2D eigenvalue weighted by Gasteiger charge is 2.36. The molecule has 0 saturated carbocycles. The second kappa shape index (κ2) is 18.1. The van der Waals surface area contributed by atoms with E-state index in [4.69, 9.17) is 0 Å². The molecule has 0 radical (unpaired) electrons. The molecular formula is C44H57N5O6. The summed E-state index contributed by atoms with van der Waals surface area (Å²) in [6.07, 6.45) is 4.96. The van der Waals surface area contributed by atoms with Gasteiger partial charge in [-0.05, 0) is 142 Å². The number of aliphatic carboxylic acids is 3.